The molecule has 0 amide bonds. The number of aryl methyl sites for hydroxylation is 2. The first-order valence-corrected chi connectivity index (χ1v) is 7.68. The lowest BCUT2D eigenvalue weighted by Gasteiger charge is -2.23. The number of hydrogen-bond acceptors (Lipinski definition) is 2. The van der Waals surface area contributed by atoms with E-state index in [2.05, 4.69) is 49.1 Å². The molecule has 2 nitrogen and oxygen atoms in total. The molecule has 1 aliphatic rings. The largest absolute Gasteiger partial charge is 0.387 e. The van der Waals surface area contributed by atoms with Crippen LogP contribution in [0.3, 0.4) is 0 Å². The van der Waals surface area contributed by atoms with E-state index >= 15 is 0 Å². The van der Waals surface area contributed by atoms with Crippen LogP contribution in [0.5, 0.6) is 0 Å². The van der Waals surface area contributed by atoms with Gasteiger partial charge >= 0.3 is 0 Å². The average Bonchev–Trinajstić information content (AvgIpc) is 2.90. The molecule has 0 bridgehead atoms. The zero-order chi connectivity index (χ0) is 14.1. The molecular formula is C18H23NO. The van der Waals surface area contributed by atoms with Gasteiger partial charge in [-0.2, -0.15) is 0 Å². The van der Waals surface area contributed by atoms with E-state index in [4.69, 9.17) is 0 Å². The van der Waals surface area contributed by atoms with Gasteiger partial charge in [0.25, 0.3) is 0 Å². The molecule has 0 aliphatic heterocycles. The van der Waals surface area contributed by atoms with E-state index in [1.165, 1.54) is 21.9 Å². The molecule has 0 heterocycles. The fraction of sp³-hybridized carbons (Fsp3) is 0.444. The van der Waals surface area contributed by atoms with Crippen LogP contribution in [0.25, 0.3) is 10.8 Å². The minimum atomic E-state index is -0.403. The third kappa shape index (κ3) is 2.23. The van der Waals surface area contributed by atoms with Gasteiger partial charge in [-0.1, -0.05) is 44.2 Å². The minimum absolute atomic E-state index is 0.403. The van der Waals surface area contributed by atoms with Crippen molar-refractivity contribution in [2.24, 2.45) is 0 Å². The molecule has 0 saturated heterocycles. The Kier molecular flexibility index (Phi) is 3.77. The second-order valence-corrected chi connectivity index (χ2v) is 5.66. The molecule has 106 valence electrons. The van der Waals surface area contributed by atoms with E-state index in [0.29, 0.717) is 6.54 Å². The predicted octanol–water partition coefficient (Wildman–Crippen LogP) is 3.31. The van der Waals surface area contributed by atoms with Crippen LogP contribution in [0.2, 0.25) is 0 Å². The molecule has 0 aromatic heterocycles. The van der Waals surface area contributed by atoms with Gasteiger partial charge in [0.2, 0.25) is 0 Å². The molecule has 2 aromatic carbocycles. The highest BCUT2D eigenvalue weighted by Crippen LogP contribution is 2.35. The lowest BCUT2D eigenvalue weighted by Crippen LogP contribution is -2.28. The molecule has 3 rings (SSSR count). The van der Waals surface area contributed by atoms with Crippen LogP contribution in [-0.2, 0) is 12.8 Å². The van der Waals surface area contributed by atoms with Crippen LogP contribution in [0.4, 0.5) is 0 Å². The molecule has 2 heteroatoms. The maximum Gasteiger partial charge on any atom is 0.0922 e. The van der Waals surface area contributed by atoms with E-state index in [1.54, 1.807) is 0 Å². The van der Waals surface area contributed by atoms with Gasteiger partial charge < -0.3 is 10.0 Å². The maximum absolute atomic E-state index is 10.6. The smallest absolute Gasteiger partial charge is 0.0922 e. The van der Waals surface area contributed by atoms with E-state index in [-0.39, 0.29) is 0 Å². The van der Waals surface area contributed by atoms with E-state index in [9.17, 15) is 5.11 Å². The summed E-state index contributed by atoms with van der Waals surface area (Å²) in [5.41, 5.74) is 3.96. The van der Waals surface area contributed by atoms with E-state index in [1.807, 2.05) is 0 Å². The number of aliphatic hydroxyl groups excluding tert-OH is 1. The van der Waals surface area contributed by atoms with Crippen LogP contribution in [-0.4, -0.2) is 29.6 Å². The van der Waals surface area contributed by atoms with Gasteiger partial charge in [-0.25, -0.2) is 0 Å². The SMILES string of the molecule is CCN(CC)CC(O)c1ccc2c3c(cccc13)CC2. The van der Waals surface area contributed by atoms with Crippen LogP contribution < -0.4 is 0 Å². The highest BCUT2D eigenvalue weighted by atomic mass is 16.3. The van der Waals surface area contributed by atoms with Crippen LogP contribution in [0, 0.1) is 0 Å². The quantitative estimate of drug-likeness (QED) is 0.900. The lowest BCUT2D eigenvalue weighted by atomic mass is 9.96. The summed E-state index contributed by atoms with van der Waals surface area (Å²) in [7, 11) is 0. The summed E-state index contributed by atoms with van der Waals surface area (Å²) in [4.78, 5) is 2.27. The van der Waals surface area contributed by atoms with Gasteiger partial charge in [-0.15, -0.1) is 0 Å². The Morgan fingerprint density at radius 3 is 2.45 bits per heavy atom. The number of hydrogen-bond donors (Lipinski definition) is 1. The standard InChI is InChI=1S/C18H23NO/c1-3-19(4-2)12-17(20)15-11-10-14-9-8-13-6-5-7-16(15)18(13)14/h5-7,10-11,17,20H,3-4,8-9,12H2,1-2H3. The first kappa shape index (κ1) is 13.6. The zero-order valence-electron chi connectivity index (χ0n) is 12.4. The second-order valence-electron chi connectivity index (χ2n) is 5.66. The molecule has 0 fully saturated rings. The number of benzene rings is 2. The number of likely N-dealkylation sites (N-methyl/N-ethyl adjacent to an activating group) is 1. The van der Waals surface area contributed by atoms with Gasteiger partial charge in [0, 0.05) is 6.54 Å². The van der Waals surface area contributed by atoms with Gasteiger partial charge in [-0.05, 0) is 53.4 Å². The fourth-order valence-corrected chi connectivity index (χ4v) is 3.38. The summed E-state index contributed by atoms with van der Waals surface area (Å²) in [6, 6.07) is 10.8. The van der Waals surface area contributed by atoms with E-state index < -0.39 is 6.10 Å². The minimum Gasteiger partial charge on any atom is -0.387 e. The van der Waals surface area contributed by atoms with Crippen molar-refractivity contribution in [2.75, 3.05) is 19.6 Å². The molecule has 0 radical (unpaired) electrons. The first-order valence-electron chi connectivity index (χ1n) is 7.68. The van der Waals surface area contributed by atoms with Crippen molar-refractivity contribution < 1.29 is 5.11 Å². The average molecular weight is 269 g/mol. The van der Waals surface area contributed by atoms with Crippen LogP contribution >= 0.6 is 0 Å². The first-order chi connectivity index (χ1) is 9.74. The molecule has 1 aliphatic carbocycles. The Hall–Kier alpha value is -1.38. The summed E-state index contributed by atoms with van der Waals surface area (Å²) >= 11 is 0. The molecule has 0 spiro atoms. The van der Waals surface area contributed by atoms with Crippen molar-refractivity contribution in [3.63, 3.8) is 0 Å². The Morgan fingerprint density at radius 2 is 1.75 bits per heavy atom. The Bertz CT molecular complexity index is 606. The molecule has 1 unspecified atom stereocenters. The maximum atomic E-state index is 10.6. The van der Waals surface area contributed by atoms with Crippen molar-refractivity contribution in [3.8, 4) is 0 Å². The van der Waals surface area contributed by atoms with Crippen molar-refractivity contribution in [3.05, 3.63) is 47.0 Å². The predicted molar refractivity (Wildman–Crippen MR) is 84.1 cm³/mol. The fourth-order valence-electron chi connectivity index (χ4n) is 3.38. The molecule has 2 aromatic rings. The molecular weight excluding hydrogens is 246 g/mol. The Balaban J connectivity index is 2.00. The van der Waals surface area contributed by atoms with Crippen LogP contribution in [0.15, 0.2) is 30.3 Å². The topological polar surface area (TPSA) is 23.5 Å². The number of nitrogens with zero attached hydrogens (tertiary/aromatic N) is 1. The molecule has 0 saturated carbocycles. The third-order valence-electron chi connectivity index (χ3n) is 4.60. The van der Waals surface area contributed by atoms with Crippen LogP contribution in [0.1, 0.15) is 36.6 Å². The second kappa shape index (κ2) is 5.55. The molecule has 1 N–H and O–H groups in total. The van der Waals surface area contributed by atoms with Gasteiger partial charge in [0.05, 0.1) is 6.10 Å². The zero-order valence-corrected chi connectivity index (χ0v) is 12.4. The van der Waals surface area contributed by atoms with Crippen molar-refractivity contribution in [1.82, 2.24) is 4.90 Å². The number of rotatable bonds is 5. The summed E-state index contributed by atoms with van der Waals surface area (Å²) in [6.07, 6.45) is 1.88. The summed E-state index contributed by atoms with van der Waals surface area (Å²) < 4.78 is 0. The Morgan fingerprint density at radius 1 is 1.05 bits per heavy atom. The van der Waals surface area contributed by atoms with Gasteiger partial charge in [0.1, 0.15) is 0 Å². The summed E-state index contributed by atoms with van der Waals surface area (Å²) in [6.45, 7) is 6.96. The molecule has 20 heavy (non-hydrogen) atoms. The highest BCUT2D eigenvalue weighted by Gasteiger charge is 2.19. The normalized spacial score (nSPS) is 15.2. The van der Waals surface area contributed by atoms with Crippen molar-refractivity contribution >= 4 is 10.8 Å². The molecule has 1 atom stereocenters. The lowest BCUT2D eigenvalue weighted by molar-refractivity contribution is 0.120. The monoisotopic (exact) mass is 269 g/mol. The highest BCUT2D eigenvalue weighted by molar-refractivity contribution is 5.93. The van der Waals surface area contributed by atoms with Gasteiger partial charge in [-0.3, -0.25) is 0 Å². The van der Waals surface area contributed by atoms with Crippen molar-refractivity contribution in [2.45, 2.75) is 32.8 Å². The summed E-state index contributed by atoms with van der Waals surface area (Å²) in [5.74, 6) is 0. The third-order valence-corrected chi connectivity index (χ3v) is 4.60. The number of aliphatic hydroxyl groups is 1. The Labute approximate surface area is 121 Å². The van der Waals surface area contributed by atoms with Crippen molar-refractivity contribution in [1.29, 1.82) is 0 Å². The van der Waals surface area contributed by atoms with Gasteiger partial charge in [0.15, 0.2) is 0 Å². The summed E-state index contributed by atoms with van der Waals surface area (Å²) in [5, 5.41) is 13.3. The van der Waals surface area contributed by atoms with E-state index in [0.717, 1.165) is 31.5 Å².